The fourth-order valence-electron chi connectivity index (χ4n) is 1.56. The van der Waals surface area contributed by atoms with E-state index in [4.69, 9.17) is 5.11 Å². The smallest absolute Gasteiger partial charge is 0.110 e. The summed E-state index contributed by atoms with van der Waals surface area (Å²) < 4.78 is 0. The molecule has 1 unspecified atom stereocenters. The van der Waals surface area contributed by atoms with Crippen molar-refractivity contribution < 1.29 is 10.2 Å². The summed E-state index contributed by atoms with van der Waals surface area (Å²) in [6, 6.07) is 0. The van der Waals surface area contributed by atoms with Gasteiger partial charge in [-0.1, -0.05) is 0 Å². The molecule has 3 heteroatoms. The maximum absolute atomic E-state index is 9.36. The van der Waals surface area contributed by atoms with Crippen LogP contribution in [0.3, 0.4) is 0 Å². The number of aliphatic hydroxyl groups excluding tert-OH is 2. The minimum absolute atomic E-state index is 0.0816. The van der Waals surface area contributed by atoms with E-state index < -0.39 is 13.4 Å². The van der Waals surface area contributed by atoms with E-state index in [0.717, 1.165) is 6.16 Å². The standard InChI is InChI=1S/C9H22O2P/c1-4-12(5-2,6-3)8-9(11)7-10/h9-11H,4-8H2,1-3H3/q+1. The van der Waals surface area contributed by atoms with Crippen molar-refractivity contribution in [3.05, 3.63) is 0 Å². The van der Waals surface area contributed by atoms with Gasteiger partial charge in [0.25, 0.3) is 0 Å². The van der Waals surface area contributed by atoms with Gasteiger partial charge in [-0.3, -0.25) is 0 Å². The van der Waals surface area contributed by atoms with Crippen molar-refractivity contribution in [2.75, 3.05) is 31.3 Å². The number of hydrogen-bond acceptors (Lipinski definition) is 2. The zero-order valence-electron chi connectivity index (χ0n) is 8.45. The molecule has 0 aliphatic heterocycles. The van der Waals surface area contributed by atoms with Crippen molar-refractivity contribution >= 4 is 7.26 Å². The van der Waals surface area contributed by atoms with Gasteiger partial charge in [0.15, 0.2) is 0 Å². The maximum atomic E-state index is 9.36. The number of hydrogen-bond donors (Lipinski definition) is 2. The highest BCUT2D eigenvalue weighted by atomic mass is 31.2. The molecule has 2 N–H and O–H groups in total. The Kier molecular flexibility index (Phi) is 6.08. The van der Waals surface area contributed by atoms with Crippen molar-refractivity contribution in [3.8, 4) is 0 Å². The van der Waals surface area contributed by atoms with Crippen LogP contribution in [0.1, 0.15) is 20.8 Å². The molecule has 74 valence electrons. The average molecular weight is 193 g/mol. The van der Waals surface area contributed by atoms with Gasteiger partial charge < -0.3 is 10.2 Å². The van der Waals surface area contributed by atoms with Gasteiger partial charge in [-0.15, -0.1) is 0 Å². The van der Waals surface area contributed by atoms with E-state index in [1.54, 1.807) is 0 Å². The first-order chi connectivity index (χ1) is 5.64. The molecule has 0 bridgehead atoms. The molecule has 0 aliphatic carbocycles. The molecular formula is C9H22O2P+. The maximum Gasteiger partial charge on any atom is 0.110 e. The second-order valence-electron chi connectivity index (χ2n) is 3.31. The molecule has 1 atom stereocenters. The molecule has 0 saturated carbocycles. The molecule has 0 rings (SSSR count). The summed E-state index contributed by atoms with van der Waals surface area (Å²) in [4.78, 5) is 0. The first-order valence-electron chi connectivity index (χ1n) is 4.78. The Balaban J connectivity index is 4.09. The van der Waals surface area contributed by atoms with Gasteiger partial charge in [0, 0.05) is 7.26 Å². The molecule has 0 aliphatic rings. The molecule has 0 aromatic carbocycles. The third-order valence-electron chi connectivity index (χ3n) is 2.82. The van der Waals surface area contributed by atoms with Crippen LogP contribution in [0, 0.1) is 0 Å². The summed E-state index contributed by atoms with van der Waals surface area (Å²) >= 11 is 0. The van der Waals surface area contributed by atoms with E-state index in [2.05, 4.69) is 20.8 Å². The highest BCUT2D eigenvalue weighted by Crippen LogP contribution is 2.57. The van der Waals surface area contributed by atoms with E-state index in [1.165, 1.54) is 18.5 Å². The number of rotatable bonds is 6. The molecule has 0 heterocycles. The first-order valence-corrected chi connectivity index (χ1v) is 7.31. The first kappa shape index (κ1) is 12.3. The van der Waals surface area contributed by atoms with E-state index in [9.17, 15) is 5.11 Å². The lowest BCUT2D eigenvalue weighted by molar-refractivity contribution is 0.112. The quantitative estimate of drug-likeness (QED) is 0.626. The van der Waals surface area contributed by atoms with Crippen LogP contribution in [0.5, 0.6) is 0 Å². The second-order valence-corrected chi connectivity index (χ2v) is 8.26. The molecule has 12 heavy (non-hydrogen) atoms. The van der Waals surface area contributed by atoms with Crippen molar-refractivity contribution in [2.24, 2.45) is 0 Å². The third kappa shape index (κ3) is 3.38. The molecule has 0 aromatic heterocycles. The highest BCUT2D eigenvalue weighted by Gasteiger charge is 2.33. The van der Waals surface area contributed by atoms with Crippen LogP contribution < -0.4 is 0 Å². The van der Waals surface area contributed by atoms with Gasteiger partial charge >= 0.3 is 0 Å². The predicted octanol–water partition coefficient (Wildman–Crippen LogP) is 1.42. The largest absolute Gasteiger partial charge is 0.394 e. The Morgan fingerprint density at radius 3 is 1.75 bits per heavy atom. The Labute approximate surface area is 76.3 Å². The summed E-state index contributed by atoms with van der Waals surface area (Å²) in [5.74, 6) is 0. The van der Waals surface area contributed by atoms with Crippen molar-refractivity contribution in [1.29, 1.82) is 0 Å². The lowest BCUT2D eigenvalue weighted by Gasteiger charge is -2.25. The van der Waals surface area contributed by atoms with Gasteiger partial charge in [-0.2, -0.15) is 0 Å². The average Bonchev–Trinajstić information content (AvgIpc) is 2.14. The summed E-state index contributed by atoms with van der Waals surface area (Å²) in [5.41, 5.74) is 0. The summed E-state index contributed by atoms with van der Waals surface area (Å²) in [6.07, 6.45) is 3.93. The van der Waals surface area contributed by atoms with E-state index in [1.807, 2.05) is 0 Å². The normalized spacial score (nSPS) is 14.8. The fraction of sp³-hybridized carbons (Fsp3) is 1.00. The SMILES string of the molecule is CC[P+](CC)(CC)CC(O)CO. The van der Waals surface area contributed by atoms with Crippen LogP contribution in [-0.4, -0.2) is 47.6 Å². The summed E-state index contributed by atoms with van der Waals surface area (Å²) in [6.45, 7) is 6.52. The Bertz CT molecular complexity index is 105. The third-order valence-corrected chi connectivity index (χ3v) is 8.04. The molecule has 0 radical (unpaired) electrons. The number of aliphatic hydroxyl groups is 2. The topological polar surface area (TPSA) is 40.5 Å². The summed E-state index contributed by atoms with van der Waals surface area (Å²) in [7, 11) is -0.922. The van der Waals surface area contributed by atoms with Crippen LogP contribution in [0.4, 0.5) is 0 Å². The van der Waals surface area contributed by atoms with Crippen molar-refractivity contribution in [1.82, 2.24) is 0 Å². The van der Waals surface area contributed by atoms with Crippen molar-refractivity contribution in [2.45, 2.75) is 26.9 Å². The minimum atomic E-state index is -0.922. The molecule has 0 spiro atoms. The van der Waals surface area contributed by atoms with Gasteiger partial charge in [-0.05, 0) is 20.8 Å². The Morgan fingerprint density at radius 1 is 1.08 bits per heavy atom. The van der Waals surface area contributed by atoms with Gasteiger partial charge in [-0.25, -0.2) is 0 Å². The van der Waals surface area contributed by atoms with Crippen molar-refractivity contribution in [3.63, 3.8) is 0 Å². The zero-order chi connectivity index (χ0) is 9.61. The fourth-order valence-corrected chi connectivity index (χ4v) is 4.69. The van der Waals surface area contributed by atoms with Gasteiger partial charge in [0.1, 0.15) is 6.10 Å². The van der Waals surface area contributed by atoms with Gasteiger partial charge in [0.05, 0.1) is 31.3 Å². The molecule has 0 saturated heterocycles. The van der Waals surface area contributed by atoms with E-state index >= 15 is 0 Å². The predicted molar refractivity (Wildman–Crippen MR) is 56.5 cm³/mol. The lowest BCUT2D eigenvalue weighted by atomic mass is 10.4. The lowest BCUT2D eigenvalue weighted by Crippen LogP contribution is -2.22. The minimum Gasteiger partial charge on any atom is -0.394 e. The van der Waals surface area contributed by atoms with Crippen LogP contribution in [-0.2, 0) is 0 Å². The Hall–Kier alpha value is 0.350. The van der Waals surface area contributed by atoms with Gasteiger partial charge in [0.2, 0.25) is 0 Å². The highest BCUT2D eigenvalue weighted by molar-refractivity contribution is 7.75. The second kappa shape index (κ2) is 5.90. The molecular weight excluding hydrogens is 171 g/mol. The molecule has 0 amide bonds. The van der Waals surface area contributed by atoms with Crippen LogP contribution in [0.15, 0.2) is 0 Å². The van der Waals surface area contributed by atoms with Crippen LogP contribution >= 0.6 is 7.26 Å². The Morgan fingerprint density at radius 2 is 1.50 bits per heavy atom. The van der Waals surface area contributed by atoms with Crippen LogP contribution in [0.2, 0.25) is 0 Å². The van der Waals surface area contributed by atoms with E-state index in [-0.39, 0.29) is 6.61 Å². The molecule has 0 aromatic rings. The molecule has 0 fully saturated rings. The monoisotopic (exact) mass is 193 g/mol. The van der Waals surface area contributed by atoms with Crippen LogP contribution in [0.25, 0.3) is 0 Å². The van der Waals surface area contributed by atoms with E-state index in [0.29, 0.717) is 0 Å². The summed E-state index contributed by atoms with van der Waals surface area (Å²) in [5, 5.41) is 18.1. The zero-order valence-corrected chi connectivity index (χ0v) is 9.35. The molecule has 2 nitrogen and oxygen atoms in total.